The predicted molar refractivity (Wildman–Crippen MR) is 92.4 cm³/mol. The fraction of sp³-hybridized carbons (Fsp3) is 0.0667. The van der Waals surface area contributed by atoms with Gasteiger partial charge in [-0.3, -0.25) is 0 Å². The molecule has 2 aromatic carbocycles. The number of aromatic hydroxyl groups is 5. The highest BCUT2D eigenvalue weighted by molar-refractivity contribution is 9.10. The topological polar surface area (TPSA) is 113 Å². The molecule has 0 aliphatic carbocycles. The van der Waals surface area contributed by atoms with Gasteiger partial charge in [-0.1, -0.05) is 0 Å². The standard InChI is InChI=1S/C15H14BrNO5S/c16-10-3-8(4-11(18)14(10)21)1-2-17-23-7-9-5-12(19)15(22)13(20)6-9/h1-6,17-22H,7H2/b2-1+. The maximum absolute atomic E-state index is 9.50. The lowest BCUT2D eigenvalue weighted by Gasteiger charge is -2.06. The maximum Gasteiger partial charge on any atom is 0.200 e. The summed E-state index contributed by atoms with van der Waals surface area (Å²) in [5.74, 6) is -1.28. The van der Waals surface area contributed by atoms with Crippen LogP contribution in [0.2, 0.25) is 0 Å². The Hall–Kier alpha value is -2.19. The Balaban J connectivity index is 1.90. The second-order valence-electron chi connectivity index (χ2n) is 4.59. The van der Waals surface area contributed by atoms with Gasteiger partial charge in [-0.2, -0.15) is 0 Å². The molecule has 0 radical (unpaired) electrons. The molecular weight excluding hydrogens is 386 g/mol. The minimum Gasteiger partial charge on any atom is -0.504 e. The van der Waals surface area contributed by atoms with Gasteiger partial charge < -0.3 is 30.3 Å². The number of rotatable bonds is 5. The number of benzene rings is 2. The highest BCUT2D eigenvalue weighted by Gasteiger charge is 2.08. The van der Waals surface area contributed by atoms with Crippen molar-refractivity contribution in [1.29, 1.82) is 0 Å². The Labute approximate surface area is 145 Å². The summed E-state index contributed by atoms with van der Waals surface area (Å²) in [5, 5.41) is 47.0. The zero-order valence-corrected chi connectivity index (χ0v) is 14.1. The first kappa shape index (κ1) is 17.2. The molecule has 0 bridgehead atoms. The third-order valence-electron chi connectivity index (χ3n) is 2.86. The molecule has 0 aliphatic rings. The van der Waals surface area contributed by atoms with Gasteiger partial charge in [0.15, 0.2) is 28.7 Å². The van der Waals surface area contributed by atoms with Crippen LogP contribution in [0.15, 0.2) is 34.9 Å². The van der Waals surface area contributed by atoms with Crippen molar-refractivity contribution >= 4 is 34.0 Å². The van der Waals surface area contributed by atoms with Crippen LogP contribution in [0, 0.1) is 0 Å². The molecular formula is C15H14BrNO5S. The van der Waals surface area contributed by atoms with E-state index in [-0.39, 0.29) is 23.0 Å². The van der Waals surface area contributed by atoms with E-state index in [4.69, 9.17) is 0 Å². The van der Waals surface area contributed by atoms with Gasteiger partial charge >= 0.3 is 0 Å². The van der Waals surface area contributed by atoms with E-state index in [1.165, 1.54) is 30.1 Å². The van der Waals surface area contributed by atoms with Crippen molar-refractivity contribution < 1.29 is 25.5 Å². The summed E-state index contributed by atoms with van der Waals surface area (Å²) >= 11 is 4.43. The first-order chi connectivity index (χ1) is 10.9. The predicted octanol–water partition coefficient (Wildman–Crippen LogP) is 3.39. The molecule has 6 N–H and O–H groups in total. The number of phenolic OH excluding ortho intramolecular Hbond substituents is 5. The fourth-order valence-electron chi connectivity index (χ4n) is 1.75. The Morgan fingerprint density at radius 3 is 2.13 bits per heavy atom. The molecule has 0 aliphatic heterocycles. The lowest BCUT2D eigenvalue weighted by atomic mass is 10.2. The van der Waals surface area contributed by atoms with Crippen molar-refractivity contribution in [3.63, 3.8) is 0 Å². The number of nitrogens with one attached hydrogen (secondary N) is 1. The van der Waals surface area contributed by atoms with Crippen LogP contribution in [0.4, 0.5) is 0 Å². The van der Waals surface area contributed by atoms with Crippen molar-refractivity contribution in [1.82, 2.24) is 4.72 Å². The van der Waals surface area contributed by atoms with Crippen molar-refractivity contribution in [2.45, 2.75) is 5.75 Å². The molecule has 0 heterocycles. The van der Waals surface area contributed by atoms with E-state index >= 15 is 0 Å². The summed E-state index contributed by atoms with van der Waals surface area (Å²) in [6.07, 6.45) is 3.34. The fourth-order valence-corrected chi connectivity index (χ4v) is 2.80. The van der Waals surface area contributed by atoms with Crippen LogP contribution in [0.3, 0.4) is 0 Å². The molecule has 2 rings (SSSR count). The summed E-state index contributed by atoms with van der Waals surface area (Å²) in [4.78, 5) is 0. The lowest BCUT2D eigenvalue weighted by Crippen LogP contribution is -1.92. The SMILES string of the molecule is Oc1cc(CSN/C=C/c2cc(O)c(O)c(Br)c2)cc(O)c1O. The molecule has 0 unspecified atom stereocenters. The third-order valence-corrected chi connectivity index (χ3v) is 4.25. The molecule has 23 heavy (non-hydrogen) atoms. The van der Waals surface area contributed by atoms with E-state index in [0.717, 1.165) is 0 Å². The maximum atomic E-state index is 9.50. The monoisotopic (exact) mass is 399 g/mol. The van der Waals surface area contributed by atoms with E-state index in [1.807, 2.05) is 0 Å². The average Bonchev–Trinajstić information content (AvgIpc) is 2.49. The Morgan fingerprint density at radius 2 is 1.52 bits per heavy atom. The second-order valence-corrected chi connectivity index (χ2v) is 6.26. The zero-order chi connectivity index (χ0) is 17.0. The molecule has 6 nitrogen and oxygen atoms in total. The summed E-state index contributed by atoms with van der Waals surface area (Å²) in [6.45, 7) is 0. The zero-order valence-electron chi connectivity index (χ0n) is 11.7. The van der Waals surface area contributed by atoms with Gasteiger partial charge in [0.1, 0.15) is 0 Å². The van der Waals surface area contributed by atoms with Gasteiger partial charge in [-0.25, -0.2) is 0 Å². The molecule has 0 fully saturated rings. The molecule has 0 amide bonds. The van der Waals surface area contributed by atoms with Crippen LogP contribution < -0.4 is 4.72 Å². The van der Waals surface area contributed by atoms with Crippen molar-refractivity contribution in [3.8, 4) is 28.7 Å². The van der Waals surface area contributed by atoms with Gasteiger partial charge in [0.2, 0.25) is 0 Å². The first-order valence-electron chi connectivity index (χ1n) is 6.37. The van der Waals surface area contributed by atoms with E-state index in [1.54, 1.807) is 18.3 Å². The Bertz CT molecular complexity index is 705. The van der Waals surface area contributed by atoms with Crippen molar-refractivity contribution in [3.05, 3.63) is 46.1 Å². The highest BCUT2D eigenvalue weighted by Crippen LogP contribution is 2.36. The van der Waals surface area contributed by atoms with Crippen LogP contribution in [-0.4, -0.2) is 25.5 Å². The van der Waals surface area contributed by atoms with Crippen LogP contribution in [-0.2, 0) is 5.75 Å². The molecule has 8 heteroatoms. The van der Waals surface area contributed by atoms with Crippen molar-refractivity contribution in [2.75, 3.05) is 0 Å². The van der Waals surface area contributed by atoms with Gasteiger partial charge in [-0.15, -0.1) is 0 Å². The van der Waals surface area contributed by atoms with Gasteiger partial charge in [0.25, 0.3) is 0 Å². The highest BCUT2D eigenvalue weighted by atomic mass is 79.9. The number of hydrogen-bond donors (Lipinski definition) is 6. The molecule has 0 atom stereocenters. The molecule has 0 spiro atoms. The lowest BCUT2D eigenvalue weighted by molar-refractivity contribution is 0.367. The first-order valence-corrected chi connectivity index (χ1v) is 8.15. The van der Waals surface area contributed by atoms with E-state index in [2.05, 4.69) is 20.7 Å². The minimum absolute atomic E-state index is 0.212. The molecule has 2 aromatic rings. The van der Waals surface area contributed by atoms with Gasteiger partial charge in [-0.05, 0) is 69.3 Å². The number of halogens is 1. The van der Waals surface area contributed by atoms with E-state index in [0.29, 0.717) is 21.4 Å². The quantitative estimate of drug-likeness (QED) is 0.259. The van der Waals surface area contributed by atoms with E-state index in [9.17, 15) is 25.5 Å². The summed E-state index contributed by atoms with van der Waals surface area (Å²) in [6, 6.07) is 5.79. The van der Waals surface area contributed by atoms with Crippen LogP contribution in [0.5, 0.6) is 28.7 Å². The molecule has 0 aromatic heterocycles. The summed E-state index contributed by atoms with van der Waals surface area (Å²) in [5.41, 5.74) is 1.31. The minimum atomic E-state index is -0.538. The molecule has 0 saturated heterocycles. The van der Waals surface area contributed by atoms with Gasteiger partial charge in [0, 0.05) is 12.0 Å². The summed E-state index contributed by atoms with van der Waals surface area (Å²) < 4.78 is 3.33. The average molecular weight is 400 g/mol. The third kappa shape index (κ3) is 4.40. The van der Waals surface area contributed by atoms with Crippen LogP contribution in [0.25, 0.3) is 6.08 Å². The second kappa shape index (κ2) is 7.38. The largest absolute Gasteiger partial charge is 0.504 e. The number of hydrogen-bond acceptors (Lipinski definition) is 7. The Morgan fingerprint density at radius 1 is 0.913 bits per heavy atom. The smallest absolute Gasteiger partial charge is 0.200 e. The van der Waals surface area contributed by atoms with E-state index < -0.39 is 5.75 Å². The molecule has 122 valence electrons. The normalized spacial score (nSPS) is 11.0. The molecule has 0 saturated carbocycles. The summed E-state index contributed by atoms with van der Waals surface area (Å²) in [7, 11) is 0. The Kier molecular flexibility index (Phi) is 5.51. The van der Waals surface area contributed by atoms with Gasteiger partial charge in [0.05, 0.1) is 4.47 Å². The van der Waals surface area contributed by atoms with Crippen molar-refractivity contribution in [2.24, 2.45) is 0 Å². The number of phenols is 5. The van der Waals surface area contributed by atoms with Crippen LogP contribution in [0.1, 0.15) is 11.1 Å². The van der Waals surface area contributed by atoms with Crippen LogP contribution >= 0.6 is 27.9 Å².